The Morgan fingerprint density at radius 1 is 1.43 bits per heavy atom. The average Bonchev–Trinajstić information content (AvgIpc) is 2.94. The molecule has 0 spiro atoms. The molecule has 21 heavy (non-hydrogen) atoms. The molecule has 7 heteroatoms. The van der Waals surface area contributed by atoms with Crippen LogP contribution in [-0.4, -0.2) is 41.9 Å². The molecule has 2 heterocycles. The first-order valence-corrected chi connectivity index (χ1v) is 7.75. The molecule has 1 aliphatic heterocycles. The predicted molar refractivity (Wildman–Crippen MR) is 84.3 cm³/mol. The second-order valence-corrected chi connectivity index (χ2v) is 6.01. The van der Waals surface area contributed by atoms with Gasteiger partial charge in [-0.05, 0) is 25.0 Å². The van der Waals surface area contributed by atoms with E-state index in [1.807, 2.05) is 12.1 Å². The molecular weight excluding hydrogens is 336 g/mol. The molecule has 3 N–H and O–H groups in total. The Bertz CT molecular complexity index is 637. The number of amides is 1. The number of rotatable bonds is 4. The van der Waals surface area contributed by atoms with Crippen LogP contribution >= 0.6 is 15.9 Å². The molecule has 0 aliphatic carbocycles. The van der Waals surface area contributed by atoms with E-state index in [4.69, 9.17) is 4.74 Å². The van der Waals surface area contributed by atoms with Crippen LogP contribution in [0.25, 0.3) is 10.9 Å². The van der Waals surface area contributed by atoms with Gasteiger partial charge in [0, 0.05) is 34.8 Å². The van der Waals surface area contributed by atoms with Crippen molar-refractivity contribution in [3.8, 4) is 0 Å². The molecule has 0 bridgehead atoms. The minimum absolute atomic E-state index is 0.00137. The standard InChI is InChI=1S/C14H17BrN4O2/c15-9-5-12(11-7-17-19-13(11)6-9)16-8-14(20)18-10-1-3-21-4-2-10/h5-7,10,16H,1-4,8H2,(H,17,19)(H,18,20). The zero-order valence-corrected chi connectivity index (χ0v) is 13.1. The summed E-state index contributed by atoms with van der Waals surface area (Å²) < 4.78 is 6.22. The quantitative estimate of drug-likeness (QED) is 0.786. The third-order valence-corrected chi connectivity index (χ3v) is 4.01. The van der Waals surface area contributed by atoms with Gasteiger partial charge in [-0.25, -0.2) is 0 Å². The number of halogens is 1. The number of aromatic amines is 1. The van der Waals surface area contributed by atoms with E-state index in [1.165, 1.54) is 0 Å². The maximum absolute atomic E-state index is 12.0. The summed E-state index contributed by atoms with van der Waals surface area (Å²) in [6, 6.07) is 4.12. The van der Waals surface area contributed by atoms with Gasteiger partial charge in [0.1, 0.15) is 0 Å². The van der Waals surface area contributed by atoms with Crippen molar-refractivity contribution in [3.63, 3.8) is 0 Å². The molecule has 1 aromatic heterocycles. The molecule has 1 aromatic carbocycles. The van der Waals surface area contributed by atoms with Gasteiger partial charge in [0.2, 0.25) is 5.91 Å². The number of anilines is 1. The normalized spacial score (nSPS) is 16.0. The van der Waals surface area contributed by atoms with Gasteiger partial charge >= 0.3 is 0 Å². The van der Waals surface area contributed by atoms with Crippen LogP contribution in [-0.2, 0) is 9.53 Å². The number of carbonyl (C=O) groups is 1. The van der Waals surface area contributed by atoms with Crippen LogP contribution in [0.5, 0.6) is 0 Å². The molecule has 1 aliphatic rings. The molecule has 6 nitrogen and oxygen atoms in total. The monoisotopic (exact) mass is 352 g/mol. The van der Waals surface area contributed by atoms with Crippen molar-refractivity contribution in [2.45, 2.75) is 18.9 Å². The van der Waals surface area contributed by atoms with Crippen molar-refractivity contribution in [1.29, 1.82) is 0 Å². The second kappa shape index (κ2) is 6.44. The number of benzene rings is 1. The number of aromatic nitrogens is 2. The highest BCUT2D eigenvalue weighted by Gasteiger charge is 2.16. The molecule has 0 saturated carbocycles. The summed E-state index contributed by atoms with van der Waals surface area (Å²) in [5.41, 5.74) is 1.81. The van der Waals surface area contributed by atoms with Crippen molar-refractivity contribution < 1.29 is 9.53 Å². The lowest BCUT2D eigenvalue weighted by atomic mass is 10.1. The Balaban J connectivity index is 1.60. The van der Waals surface area contributed by atoms with Gasteiger partial charge in [-0.15, -0.1) is 0 Å². The van der Waals surface area contributed by atoms with Crippen LogP contribution < -0.4 is 10.6 Å². The number of ether oxygens (including phenoxy) is 1. The van der Waals surface area contributed by atoms with Crippen LogP contribution in [0.2, 0.25) is 0 Å². The summed E-state index contributed by atoms with van der Waals surface area (Å²) in [4.78, 5) is 12.0. The Labute approximate surface area is 130 Å². The fourth-order valence-corrected chi connectivity index (χ4v) is 2.92. The topological polar surface area (TPSA) is 79.0 Å². The van der Waals surface area contributed by atoms with Crippen LogP contribution in [0.3, 0.4) is 0 Å². The number of hydrogen-bond acceptors (Lipinski definition) is 4. The van der Waals surface area contributed by atoms with E-state index in [0.717, 1.165) is 47.1 Å². The fraction of sp³-hybridized carbons (Fsp3) is 0.429. The van der Waals surface area contributed by atoms with E-state index < -0.39 is 0 Å². The predicted octanol–water partition coefficient (Wildman–Crippen LogP) is 2.03. The highest BCUT2D eigenvalue weighted by Crippen LogP contribution is 2.26. The van der Waals surface area contributed by atoms with Crippen molar-refractivity contribution in [2.75, 3.05) is 25.1 Å². The maximum Gasteiger partial charge on any atom is 0.239 e. The highest BCUT2D eigenvalue weighted by molar-refractivity contribution is 9.10. The molecule has 0 unspecified atom stereocenters. The Kier molecular flexibility index (Phi) is 4.40. The minimum atomic E-state index is -0.00137. The van der Waals surface area contributed by atoms with Gasteiger partial charge in [-0.3, -0.25) is 9.89 Å². The number of carbonyl (C=O) groups excluding carboxylic acids is 1. The molecule has 0 atom stereocenters. The van der Waals surface area contributed by atoms with Gasteiger partial charge in [0.05, 0.1) is 18.3 Å². The smallest absolute Gasteiger partial charge is 0.239 e. The SMILES string of the molecule is O=C(CNc1cc(Br)cc2[nH]ncc12)NC1CCOCC1. The van der Waals surface area contributed by atoms with Crippen LogP contribution in [0.4, 0.5) is 5.69 Å². The first-order chi connectivity index (χ1) is 10.2. The van der Waals surface area contributed by atoms with Crippen molar-refractivity contribution in [2.24, 2.45) is 0 Å². The van der Waals surface area contributed by atoms with Gasteiger partial charge in [0.25, 0.3) is 0 Å². The van der Waals surface area contributed by atoms with E-state index in [0.29, 0.717) is 0 Å². The van der Waals surface area contributed by atoms with E-state index in [9.17, 15) is 4.79 Å². The lowest BCUT2D eigenvalue weighted by Gasteiger charge is -2.23. The van der Waals surface area contributed by atoms with Crippen molar-refractivity contribution >= 4 is 38.4 Å². The minimum Gasteiger partial charge on any atom is -0.381 e. The molecule has 3 rings (SSSR count). The third kappa shape index (κ3) is 3.54. The van der Waals surface area contributed by atoms with Gasteiger partial charge in [0.15, 0.2) is 0 Å². The number of nitrogens with one attached hydrogen (secondary N) is 3. The van der Waals surface area contributed by atoms with E-state index in [2.05, 4.69) is 36.8 Å². The molecule has 2 aromatic rings. The summed E-state index contributed by atoms with van der Waals surface area (Å²) in [7, 11) is 0. The summed E-state index contributed by atoms with van der Waals surface area (Å²) in [5.74, 6) is -0.00137. The summed E-state index contributed by atoms with van der Waals surface area (Å²) in [6.07, 6.45) is 3.52. The molecule has 112 valence electrons. The summed E-state index contributed by atoms with van der Waals surface area (Å²) in [5, 5.41) is 14.1. The summed E-state index contributed by atoms with van der Waals surface area (Å²) >= 11 is 3.45. The lowest BCUT2D eigenvalue weighted by Crippen LogP contribution is -2.41. The van der Waals surface area contributed by atoms with Gasteiger partial charge < -0.3 is 15.4 Å². The van der Waals surface area contributed by atoms with Crippen molar-refractivity contribution in [3.05, 3.63) is 22.8 Å². The Morgan fingerprint density at radius 2 is 2.24 bits per heavy atom. The zero-order chi connectivity index (χ0) is 14.7. The Hall–Kier alpha value is -1.60. The molecule has 1 saturated heterocycles. The molecule has 1 fully saturated rings. The molecule has 0 radical (unpaired) electrons. The Morgan fingerprint density at radius 3 is 3.05 bits per heavy atom. The number of fused-ring (bicyclic) bond motifs is 1. The molecule has 1 amide bonds. The van der Waals surface area contributed by atoms with Gasteiger partial charge in [-0.2, -0.15) is 5.10 Å². The first-order valence-electron chi connectivity index (χ1n) is 6.96. The van der Waals surface area contributed by atoms with Crippen LogP contribution in [0.1, 0.15) is 12.8 Å². The second-order valence-electron chi connectivity index (χ2n) is 5.09. The average molecular weight is 353 g/mol. The molecular formula is C14H17BrN4O2. The highest BCUT2D eigenvalue weighted by atomic mass is 79.9. The van der Waals surface area contributed by atoms with Crippen LogP contribution in [0, 0.1) is 0 Å². The number of hydrogen-bond donors (Lipinski definition) is 3. The van der Waals surface area contributed by atoms with E-state index in [-0.39, 0.29) is 18.5 Å². The fourth-order valence-electron chi connectivity index (χ4n) is 2.46. The zero-order valence-electron chi connectivity index (χ0n) is 11.5. The van der Waals surface area contributed by atoms with Gasteiger partial charge in [-0.1, -0.05) is 15.9 Å². The van der Waals surface area contributed by atoms with Crippen LogP contribution in [0.15, 0.2) is 22.8 Å². The van der Waals surface area contributed by atoms with E-state index in [1.54, 1.807) is 6.20 Å². The summed E-state index contributed by atoms with van der Waals surface area (Å²) in [6.45, 7) is 1.69. The largest absolute Gasteiger partial charge is 0.381 e. The third-order valence-electron chi connectivity index (χ3n) is 3.55. The van der Waals surface area contributed by atoms with E-state index >= 15 is 0 Å². The van der Waals surface area contributed by atoms with Crippen molar-refractivity contribution in [1.82, 2.24) is 15.5 Å². The maximum atomic E-state index is 12.0. The number of H-pyrrole nitrogens is 1. The number of nitrogens with zero attached hydrogens (tertiary/aromatic N) is 1. The lowest BCUT2D eigenvalue weighted by molar-refractivity contribution is -0.120. The first kappa shape index (κ1) is 14.3.